The van der Waals surface area contributed by atoms with Crippen molar-refractivity contribution in [1.82, 2.24) is 9.80 Å². The van der Waals surface area contributed by atoms with Crippen molar-refractivity contribution in [2.75, 3.05) is 21.1 Å². The van der Waals surface area contributed by atoms with Gasteiger partial charge in [0.2, 0.25) is 5.91 Å². The lowest BCUT2D eigenvalue weighted by Crippen LogP contribution is -2.31. The van der Waals surface area contributed by atoms with Crippen LogP contribution >= 0.6 is 0 Å². The fourth-order valence-electron chi connectivity index (χ4n) is 4.53. The largest absolute Gasteiger partial charge is 0.483 e. The molecule has 0 bridgehead atoms. The van der Waals surface area contributed by atoms with E-state index in [1.807, 2.05) is 24.3 Å². The molecule has 2 aliphatic rings. The van der Waals surface area contributed by atoms with Gasteiger partial charge in [-0.15, -0.1) is 0 Å². The highest BCUT2D eigenvalue weighted by Crippen LogP contribution is 2.46. The van der Waals surface area contributed by atoms with Crippen LogP contribution in [0.4, 0.5) is 0 Å². The van der Waals surface area contributed by atoms with Gasteiger partial charge in [-0.2, -0.15) is 0 Å². The molecule has 2 fully saturated rings. The van der Waals surface area contributed by atoms with Crippen molar-refractivity contribution in [2.24, 2.45) is 17.6 Å². The summed E-state index contributed by atoms with van der Waals surface area (Å²) in [6, 6.07) is 9.19. The molecule has 0 radical (unpaired) electrons. The third-order valence-corrected chi connectivity index (χ3v) is 5.99. The molecule has 1 amide bonds. The number of nitrogens with two attached hydrogens (primary N) is 1. The number of rotatable bonds is 5. The zero-order valence-electron chi connectivity index (χ0n) is 17.4. The second-order valence-corrected chi connectivity index (χ2v) is 7.92. The summed E-state index contributed by atoms with van der Waals surface area (Å²) in [6.07, 6.45) is 5.42. The molecule has 4 N–H and O–H groups in total. The van der Waals surface area contributed by atoms with E-state index in [0.29, 0.717) is 11.6 Å². The van der Waals surface area contributed by atoms with Gasteiger partial charge in [0.05, 0.1) is 0 Å². The van der Waals surface area contributed by atoms with Crippen LogP contribution in [-0.2, 0) is 16.1 Å². The number of benzene rings is 1. The van der Waals surface area contributed by atoms with Crippen LogP contribution in [0.3, 0.4) is 0 Å². The van der Waals surface area contributed by atoms with Crippen molar-refractivity contribution in [3.63, 3.8) is 0 Å². The monoisotopic (exact) mass is 407 g/mol. The fraction of sp³-hybridized carbons (Fsp3) is 0.571. The molecular weight excluding hydrogens is 374 g/mol. The van der Waals surface area contributed by atoms with Crippen LogP contribution in [-0.4, -0.2) is 72.1 Å². The molecule has 8 heteroatoms. The Kier molecular flexibility index (Phi) is 10.3. The molecule has 0 heterocycles. The predicted molar refractivity (Wildman–Crippen MR) is 111 cm³/mol. The molecule has 3 rings (SSSR count). The van der Waals surface area contributed by atoms with Crippen molar-refractivity contribution in [2.45, 2.75) is 44.3 Å². The number of carbonyl (C=O) groups is 3. The van der Waals surface area contributed by atoms with Crippen LogP contribution in [0.15, 0.2) is 24.3 Å². The molecule has 1 aromatic rings. The summed E-state index contributed by atoms with van der Waals surface area (Å²) in [5, 5.41) is 13.8. The second-order valence-electron chi connectivity index (χ2n) is 7.92. The van der Waals surface area contributed by atoms with Gasteiger partial charge in [-0.05, 0) is 76.4 Å². The molecule has 8 nitrogen and oxygen atoms in total. The van der Waals surface area contributed by atoms with E-state index >= 15 is 0 Å². The normalized spacial score (nSPS) is 24.7. The third-order valence-electron chi connectivity index (χ3n) is 5.99. The van der Waals surface area contributed by atoms with Crippen molar-refractivity contribution >= 4 is 18.9 Å². The first-order valence-electron chi connectivity index (χ1n) is 9.68. The first-order valence-corrected chi connectivity index (χ1v) is 9.68. The van der Waals surface area contributed by atoms with Gasteiger partial charge in [0.25, 0.3) is 12.9 Å². The molecule has 2 saturated carbocycles. The van der Waals surface area contributed by atoms with Crippen molar-refractivity contribution in [3.05, 3.63) is 35.4 Å². The average molecular weight is 408 g/mol. The molecule has 162 valence electrons. The van der Waals surface area contributed by atoms with E-state index in [4.69, 9.17) is 25.5 Å². The molecular formula is C21H33N3O5. The van der Waals surface area contributed by atoms with Crippen LogP contribution < -0.4 is 5.73 Å². The van der Waals surface area contributed by atoms with Gasteiger partial charge in [-0.1, -0.05) is 12.1 Å². The smallest absolute Gasteiger partial charge is 0.290 e. The van der Waals surface area contributed by atoms with Crippen molar-refractivity contribution < 1.29 is 24.6 Å². The molecule has 29 heavy (non-hydrogen) atoms. The molecule has 2 aliphatic carbocycles. The molecule has 2 unspecified atom stereocenters. The van der Waals surface area contributed by atoms with Gasteiger partial charge in [-0.25, -0.2) is 0 Å². The van der Waals surface area contributed by atoms with E-state index in [1.54, 1.807) is 0 Å². The first-order chi connectivity index (χ1) is 13.8. The highest BCUT2D eigenvalue weighted by molar-refractivity contribution is 5.92. The number of primary amides is 1. The Morgan fingerprint density at radius 2 is 1.38 bits per heavy atom. The molecule has 0 saturated heterocycles. The zero-order chi connectivity index (χ0) is 22.0. The number of carbonyl (C=O) groups excluding carboxylic acids is 1. The maximum absolute atomic E-state index is 11.1. The average Bonchev–Trinajstić information content (AvgIpc) is 3.23. The quantitative estimate of drug-likeness (QED) is 0.635. The van der Waals surface area contributed by atoms with E-state index in [0.717, 1.165) is 24.4 Å². The standard InChI is InChI=1S/C19H29N3O.2CH2O2/c1-21(2)17-8-15-10-18(11-16(15)9-17)22(3)12-13-4-6-14(7-5-13)19(20)23;2*2-1-3/h4-7,15-18H,8-12H2,1-3H3,(H2,20,23);2*1H,(H,2,3)/t15-,16+,17?,18?;;. The Labute approximate surface area is 172 Å². The SMILES string of the molecule is CN(C)C1C[C@@H]2CC(N(C)Cc3ccc(C(N)=O)cc3)C[C@@H]2C1.O=CO.O=CO. The predicted octanol–water partition coefficient (Wildman–Crippen LogP) is 1.74. The number of carboxylic acid groups (broad SMARTS) is 2. The molecule has 0 aromatic heterocycles. The number of hydrogen-bond donors (Lipinski definition) is 3. The summed E-state index contributed by atoms with van der Waals surface area (Å²) in [7, 11) is 6.66. The van der Waals surface area contributed by atoms with E-state index in [2.05, 4.69) is 30.9 Å². The summed E-state index contributed by atoms with van der Waals surface area (Å²) in [4.78, 5) is 32.7. The minimum atomic E-state index is -0.357. The molecule has 0 aliphatic heterocycles. The number of fused-ring (bicyclic) bond motifs is 1. The number of amides is 1. The number of nitrogens with zero attached hydrogens (tertiary/aromatic N) is 2. The van der Waals surface area contributed by atoms with E-state index in [-0.39, 0.29) is 18.9 Å². The molecule has 0 spiro atoms. The van der Waals surface area contributed by atoms with Gasteiger partial charge in [0, 0.05) is 24.2 Å². The van der Waals surface area contributed by atoms with Crippen LogP contribution in [0.1, 0.15) is 41.6 Å². The number of hydrogen-bond acceptors (Lipinski definition) is 5. The Bertz CT molecular complexity index is 630. The summed E-state index contributed by atoms with van der Waals surface area (Å²) < 4.78 is 0. The highest BCUT2D eigenvalue weighted by atomic mass is 16.3. The Morgan fingerprint density at radius 1 is 0.966 bits per heavy atom. The van der Waals surface area contributed by atoms with Crippen LogP contribution in [0, 0.1) is 11.8 Å². The molecule has 4 atom stereocenters. The molecule has 1 aromatic carbocycles. The summed E-state index contributed by atoms with van der Waals surface area (Å²) >= 11 is 0. The minimum absolute atomic E-state index is 0.250. The van der Waals surface area contributed by atoms with Gasteiger partial charge in [-0.3, -0.25) is 19.3 Å². The van der Waals surface area contributed by atoms with E-state index in [1.165, 1.54) is 31.2 Å². The first kappa shape index (κ1) is 24.6. The Balaban J connectivity index is 0.000000626. The van der Waals surface area contributed by atoms with Gasteiger partial charge < -0.3 is 20.8 Å². The minimum Gasteiger partial charge on any atom is -0.483 e. The maximum atomic E-state index is 11.1. The lowest BCUT2D eigenvalue weighted by atomic mass is 10.0. The van der Waals surface area contributed by atoms with Gasteiger partial charge in [0.15, 0.2) is 0 Å². The van der Waals surface area contributed by atoms with Crippen molar-refractivity contribution in [1.29, 1.82) is 0 Å². The van der Waals surface area contributed by atoms with E-state index < -0.39 is 0 Å². The highest BCUT2D eigenvalue weighted by Gasteiger charge is 2.43. The van der Waals surface area contributed by atoms with Gasteiger partial charge >= 0.3 is 0 Å². The summed E-state index contributed by atoms with van der Waals surface area (Å²) in [5.74, 6) is 1.46. The lowest BCUT2D eigenvalue weighted by Gasteiger charge is -2.27. The maximum Gasteiger partial charge on any atom is 0.290 e. The topological polar surface area (TPSA) is 124 Å². The van der Waals surface area contributed by atoms with Crippen LogP contribution in [0.2, 0.25) is 0 Å². The van der Waals surface area contributed by atoms with Gasteiger partial charge in [0.1, 0.15) is 0 Å². The second kappa shape index (κ2) is 12.2. The lowest BCUT2D eigenvalue weighted by molar-refractivity contribution is -0.123. The fourth-order valence-corrected chi connectivity index (χ4v) is 4.53. The summed E-state index contributed by atoms with van der Waals surface area (Å²) in [6.45, 7) is 0.445. The van der Waals surface area contributed by atoms with Crippen LogP contribution in [0.5, 0.6) is 0 Å². The Morgan fingerprint density at radius 3 is 1.76 bits per heavy atom. The Hall–Kier alpha value is -2.45. The third kappa shape index (κ3) is 7.47. The van der Waals surface area contributed by atoms with E-state index in [9.17, 15) is 4.79 Å². The zero-order valence-corrected chi connectivity index (χ0v) is 17.4. The summed E-state index contributed by atoms with van der Waals surface area (Å²) in [5.41, 5.74) is 7.13. The van der Waals surface area contributed by atoms with Crippen LogP contribution in [0.25, 0.3) is 0 Å². The van der Waals surface area contributed by atoms with Crippen molar-refractivity contribution in [3.8, 4) is 0 Å².